The van der Waals surface area contributed by atoms with Gasteiger partial charge in [-0.05, 0) is 66.3 Å². The lowest BCUT2D eigenvalue weighted by Crippen LogP contribution is -2.25. The molecule has 3 aromatic rings. The van der Waals surface area contributed by atoms with E-state index in [1.807, 2.05) is 24.3 Å². The molecule has 2 aromatic carbocycles. The zero-order valence-electron chi connectivity index (χ0n) is 16.7. The molecule has 0 fully saturated rings. The van der Waals surface area contributed by atoms with Gasteiger partial charge in [0, 0.05) is 18.0 Å². The van der Waals surface area contributed by atoms with Gasteiger partial charge in [0.1, 0.15) is 0 Å². The monoisotopic (exact) mass is 462 g/mol. The number of benzene rings is 2. The number of nitrogens with one attached hydrogen (secondary N) is 3. The van der Waals surface area contributed by atoms with Gasteiger partial charge in [-0.1, -0.05) is 41.0 Å². The van der Waals surface area contributed by atoms with Gasteiger partial charge in [0.05, 0.1) is 4.90 Å². The number of amides is 1. The average molecular weight is 463 g/mol. The van der Waals surface area contributed by atoms with E-state index in [0.717, 1.165) is 24.8 Å². The van der Waals surface area contributed by atoms with Gasteiger partial charge in [0.15, 0.2) is 0 Å². The number of sulfonamides is 1. The summed E-state index contributed by atoms with van der Waals surface area (Å²) >= 11 is 5.80. The number of unbranched alkanes of at least 4 members (excludes halogenated alkanes) is 1. The third kappa shape index (κ3) is 7.42. The zero-order valence-corrected chi connectivity index (χ0v) is 18.3. The van der Waals surface area contributed by atoms with Crippen LogP contribution in [0.4, 0.5) is 5.95 Å². The highest BCUT2D eigenvalue weighted by Crippen LogP contribution is 2.14. The molecule has 0 radical (unpaired) electrons. The fourth-order valence-electron chi connectivity index (χ4n) is 2.92. The molecular weight excluding hydrogens is 440 g/mol. The molecule has 0 saturated heterocycles. The molecule has 0 aliphatic heterocycles. The molecule has 3 N–H and O–H groups in total. The number of tetrazole rings is 1. The average Bonchev–Trinajstić information content (AvgIpc) is 3.25. The Morgan fingerprint density at radius 3 is 2.29 bits per heavy atom. The maximum atomic E-state index is 12.3. The number of rotatable bonds is 11. The number of carbonyl (C=O) groups excluding carboxylic acids is 1. The summed E-state index contributed by atoms with van der Waals surface area (Å²) in [5.74, 6) is 0.0360. The van der Waals surface area contributed by atoms with E-state index in [-0.39, 0.29) is 16.8 Å². The predicted octanol–water partition coefficient (Wildman–Crippen LogP) is 2.73. The van der Waals surface area contributed by atoms with Crippen molar-refractivity contribution < 1.29 is 13.2 Å². The number of carbonyl (C=O) groups is 1. The van der Waals surface area contributed by atoms with Crippen molar-refractivity contribution in [3.05, 3.63) is 64.7 Å². The summed E-state index contributed by atoms with van der Waals surface area (Å²) in [5.41, 5.74) is 2.21. The van der Waals surface area contributed by atoms with E-state index in [2.05, 4.69) is 30.7 Å². The van der Waals surface area contributed by atoms with Gasteiger partial charge in [0.25, 0.3) is 5.95 Å². The lowest BCUT2D eigenvalue weighted by atomic mass is 10.0. The van der Waals surface area contributed by atoms with Crippen LogP contribution in [-0.2, 0) is 27.7 Å². The highest BCUT2D eigenvalue weighted by molar-refractivity contribution is 7.89. The van der Waals surface area contributed by atoms with Crippen LogP contribution in [0.15, 0.2) is 53.4 Å². The zero-order chi connectivity index (χ0) is 22.1. The second-order valence-corrected chi connectivity index (χ2v) is 9.11. The minimum Gasteiger partial charge on any atom is -0.292 e. The van der Waals surface area contributed by atoms with E-state index >= 15 is 0 Å². The minimum atomic E-state index is -3.55. The third-order valence-corrected chi connectivity index (χ3v) is 6.30. The van der Waals surface area contributed by atoms with Crippen LogP contribution in [0.3, 0.4) is 0 Å². The topological polar surface area (TPSA) is 130 Å². The summed E-state index contributed by atoms with van der Waals surface area (Å²) in [6.45, 7) is 0.305. The maximum Gasteiger partial charge on any atom is 0.269 e. The first-order valence-corrected chi connectivity index (χ1v) is 11.6. The Hall–Kier alpha value is -2.82. The molecule has 11 heteroatoms. The van der Waals surface area contributed by atoms with Gasteiger partial charge >= 0.3 is 0 Å². The normalized spacial score (nSPS) is 11.4. The Morgan fingerprint density at radius 2 is 1.65 bits per heavy atom. The molecule has 0 unspecified atom stereocenters. The molecule has 0 bridgehead atoms. The van der Waals surface area contributed by atoms with E-state index < -0.39 is 10.0 Å². The van der Waals surface area contributed by atoms with Gasteiger partial charge in [-0.25, -0.2) is 13.1 Å². The van der Waals surface area contributed by atoms with Gasteiger partial charge in [-0.15, -0.1) is 5.10 Å². The molecule has 1 heterocycles. The number of halogens is 1. The molecule has 31 heavy (non-hydrogen) atoms. The lowest BCUT2D eigenvalue weighted by Gasteiger charge is -2.08. The van der Waals surface area contributed by atoms with Gasteiger partial charge in [-0.3, -0.25) is 10.1 Å². The van der Waals surface area contributed by atoms with Crippen LogP contribution in [0.1, 0.15) is 30.4 Å². The van der Waals surface area contributed by atoms with E-state index in [4.69, 9.17) is 11.6 Å². The van der Waals surface area contributed by atoms with E-state index in [1.165, 1.54) is 17.7 Å². The van der Waals surface area contributed by atoms with Crippen molar-refractivity contribution >= 4 is 33.5 Å². The standard InChI is InChI=1S/C20H23ClN6O3S/c21-17-9-11-18(12-10-17)31(29,30)22-14-13-16-7-5-15(6-8-16)3-1-2-4-19(28)23-20-24-26-27-25-20/h5-12,22H,1-4,13-14H2,(H2,23,24,25,26,27,28). The molecular formula is C20H23ClN6O3S. The molecule has 0 aliphatic rings. The Kier molecular flexibility index (Phi) is 8.10. The molecule has 0 saturated carbocycles. The van der Waals surface area contributed by atoms with Crippen molar-refractivity contribution in [3.8, 4) is 0 Å². The van der Waals surface area contributed by atoms with Crippen LogP contribution in [0.5, 0.6) is 0 Å². The number of H-pyrrole nitrogens is 1. The van der Waals surface area contributed by atoms with Crippen molar-refractivity contribution in [3.63, 3.8) is 0 Å². The predicted molar refractivity (Wildman–Crippen MR) is 117 cm³/mol. The summed E-state index contributed by atoms with van der Waals surface area (Å²) in [6, 6.07) is 14.1. The van der Waals surface area contributed by atoms with Crippen LogP contribution in [-0.4, -0.2) is 41.5 Å². The van der Waals surface area contributed by atoms with E-state index in [1.54, 1.807) is 12.1 Å². The molecule has 0 atom stereocenters. The Morgan fingerprint density at radius 1 is 0.968 bits per heavy atom. The number of aryl methyl sites for hydroxylation is 1. The van der Waals surface area contributed by atoms with E-state index in [9.17, 15) is 13.2 Å². The van der Waals surface area contributed by atoms with Crippen LogP contribution < -0.4 is 10.0 Å². The summed E-state index contributed by atoms with van der Waals surface area (Å²) < 4.78 is 27.2. The molecule has 9 nitrogen and oxygen atoms in total. The van der Waals surface area contributed by atoms with Crippen molar-refractivity contribution in [2.24, 2.45) is 0 Å². The Labute approximate surface area is 185 Å². The number of hydrogen-bond acceptors (Lipinski definition) is 6. The van der Waals surface area contributed by atoms with Crippen LogP contribution in [0.25, 0.3) is 0 Å². The van der Waals surface area contributed by atoms with Crippen molar-refractivity contribution in [2.75, 3.05) is 11.9 Å². The minimum absolute atomic E-state index is 0.141. The Balaban J connectivity index is 1.36. The summed E-state index contributed by atoms with van der Waals surface area (Å²) in [6.07, 6.45) is 3.46. The van der Waals surface area contributed by atoms with Gasteiger partial charge < -0.3 is 0 Å². The highest BCUT2D eigenvalue weighted by Gasteiger charge is 2.13. The largest absolute Gasteiger partial charge is 0.292 e. The Bertz CT molecular complexity index is 1070. The van der Waals surface area contributed by atoms with Crippen molar-refractivity contribution in [1.29, 1.82) is 0 Å². The lowest BCUT2D eigenvalue weighted by molar-refractivity contribution is -0.116. The van der Waals surface area contributed by atoms with Crippen LogP contribution >= 0.6 is 11.6 Å². The van der Waals surface area contributed by atoms with E-state index in [0.29, 0.717) is 24.4 Å². The second kappa shape index (κ2) is 11.0. The molecule has 3 rings (SSSR count). The summed E-state index contributed by atoms with van der Waals surface area (Å²) in [7, 11) is -3.55. The molecule has 0 spiro atoms. The number of hydrogen-bond donors (Lipinski definition) is 3. The third-order valence-electron chi connectivity index (χ3n) is 4.57. The first-order valence-electron chi connectivity index (χ1n) is 9.79. The summed E-state index contributed by atoms with van der Waals surface area (Å²) in [4.78, 5) is 11.9. The molecule has 0 aliphatic carbocycles. The van der Waals surface area contributed by atoms with Crippen LogP contribution in [0, 0.1) is 0 Å². The van der Waals surface area contributed by atoms with Crippen LogP contribution in [0.2, 0.25) is 5.02 Å². The highest BCUT2D eigenvalue weighted by atomic mass is 35.5. The fourth-order valence-corrected chi connectivity index (χ4v) is 4.07. The quantitative estimate of drug-likeness (QED) is 0.375. The molecule has 164 valence electrons. The smallest absolute Gasteiger partial charge is 0.269 e. The van der Waals surface area contributed by atoms with Gasteiger partial charge in [-0.2, -0.15) is 5.21 Å². The number of aromatic amines is 1. The molecule has 1 aromatic heterocycles. The van der Waals surface area contributed by atoms with Gasteiger partial charge in [0.2, 0.25) is 15.9 Å². The number of aromatic nitrogens is 4. The first-order chi connectivity index (χ1) is 14.9. The number of nitrogens with zero attached hydrogens (tertiary/aromatic N) is 3. The molecule has 1 amide bonds. The van der Waals surface area contributed by atoms with Crippen molar-refractivity contribution in [2.45, 2.75) is 37.0 Å². The second-order valence-electron chi connectivity index (χ2n) is 6.91. The number of anilines is 1. The van der Waals surface area contributed by atoms with Crippen molar-refractivity contribution in [1.82, 2.24) is 25.3 Å². The first kappa shape index (κ1) is 22.9. The maximum absolute atomic E-state index is 12.3. The summed E-state index contributed by atoms with van der Waals surface area (Å²) in [5, 5.41) is 16.0. The fraction of sp³-hybridized carbons (Fsp3) is 0.300. The SMILES string of the molecule is O=C(CCCCc1ccc(CCNS(=O)(=O)c2ccc(Cl)cc2)cc1)Nc1nn[nH]n1.